The Kier molecular flexibility index (Phi) is 5.29. The van der Waals surface area contributed by atoms with Gasteiger partial charge in [-0.1, -0.05) is 48.5 Å². The lowest BCUT2D eigenvalue weighted by molar-refractivity contribution is -0.135. The summed E-state index contributed by atoms with van der Waals surface area (Å²) >= 11 is 0. The van der Waals surface area contributed by atoms with Crippen molar-refractivity contribution < 1.29 is 19.4 Å². The van der Waals surface area contributed by atoms with Gasteiger partial charge in [-0.25, -0.2) is 0 Å². The molecule has 0 saturated carbocycles. The second-order valence-corrected chi connectivity index (χ2v) is 6.96. The van der Waals surface area contributed by atoms with Crippen molar-refractivity contribution in [3.05, 3.63) is 89.5 Å². The van der Waals surface area contributed by atoms with E-state index in [0.29, 0.717) is 12.4 Å². The van der Waals surface area contributed by atoms with Crippen LogP contribution in [0, 0.1) is 0 Å². The number of carbonyl (C=O) groups is 1. The molecule has 1 atom stereocenters. The zero-order chi connectivity index (χ0) is 19.3. The molecule has 1 aliphatic heterocycles. The summed E-state index contributed by atoms with van der Waals surface area (Å²) in [4.78, 5) is 12.0. The number of ether oxygens (including phenoxy) is 2. The summed E-state index contributed by atoms with van der Waals surface area (Å²) < 4.78 is 11.2. The smallest absolute Gasteiger partial charge is 0.312 e. The Bertz CT molecular complexity index is 965. The summed E-state index contributed by atoms with van der Waals surface area (Å²) in [5, 5.41) is 9.67. The van der Waals surface area contributed by atoms with Crippen LogP contribution in [0.5, 0.6) is 17.2 Å². The summed E-state index contributed by atoms with van der Waals surface area (Å²) in [7, 11) is 0. The number of fused-ring (bicyclic) bond motifs is 1. The number of rotatable bonds is 6. The summed E-state index contributed by atoms with van der Waals surface area (Å²) in [5.41, 5.74) is 3.21. The highest BCUT2D eigenvalue weighted by molar-refractivity contribution is 5.78. The van der Waals surface area contributed by atoms with Crippen LogP contribution in [0.1, 0.15) is 35.4 Å². The first kappa shape index (κ1) is 18.1. The number of hydrogen-bond donors (Lipinski definition) is 1. The van der Waals surface area contributed by atoms with Crippen molar-refractivity contribution in [2.45, 2.75) is 25.2 Å². The van der Waals surface area contributed by atoms with Crippen molar-refractivity contribution in [3.63, 3.8) is 0 Å². The van der Waals surface area contributed by atoms with Gasteiger partial charge in [0.05, 0.1) is 13.0 Å². The molecule has 4 heteroatoms. The molecule has 0 bridgehead atoms. The molecule has 4 rings (SSSR count). The van der Waals surface area contributed by atoms with Crippen LogP contribution < -0.4 is 9.47 Å². The molecule has 28 heavy (non-hydrogen) atoms. The van der Waals surface area contributed by atoms with Crippen molar-refractivity contribution in [1.82, 2.24) is 0 Å². The van der Waals surface area contributed by atoms with Gasteiger partial charge >= 0.3 is 5.97 Å². The van der Waals surface area contributed by atoms with E-state index in [9.17, 15) is 9.90 Å². The Morgan fingerprint density at radius 2 is 1.86 bits per heavy atom. The van der Waals surface area contributed by atoms with E-state index in [0.717, 1.165) is 29.7 Å². The molecule has 0 spiro atoms. The van der Waals surface area contributed by atoms with Crippen LogP contribution in [-0.2, 0) is 11.2 Å². The van der Waals surface area contributed by atoms with Crippen molar-refractivity contribution >= 4 is 5.97 Å². The number of carbonyl (C=O) groups excluding carboxylic acids is 1. The predicted molar refractivity (Wildman–Crippen MR) is 107 cm³/mol. The second kappa shape index (κ2) is 8.17. The van der Waals surface area contributed by atoms with Crippen LogP contribution >= 0.6 is 0 Å². The van der Waals surface area contributed by atoms with E-state index in [1.807, 2.05) is 48.5 Å². The molecule has 3 aromatic rings. The number of aryl methyl sites for hydroxylation is 1. The van der Waals surface area contributed by atoms with Crippen LogP contribution in [0.3, 0.4) is 0 Å². The molecule has 0 fully saturated rings. The normalized spacial score (nSPS) is 15.6. The Balaban J connectivity index is 1.44. The first-order chi connectivity index (χ1) is 13.7. The van der Waals surface area contributed by atoms with Gasteiger partial charge in [-0.05, 0) is 42.2 Å². The number of phenolic OH excluding ortho intramolecular Hbond substituents is 1. The molecule has 1 unspecified atom stereocenters. The lowest BCUT2D eigenvalue weighted by Gasteiger charge is -2.25. The minimum absolute atomic E-state index is 0.0858. The van der Waals surface area contributed by atoms with E-state index in [4.69, 9.17) is 9.47 Å². The van der Waals surface area contributed by atoms with Gasteiger partial charge < -0.3 is 14.6 Å². The Morgan fingerprint density at radius 3 is 2.71 bits per heavy atom. The topological polar surface area (TPSA) is 55.8 Å². The van der Waals surface area contributed by atoms with Gasteiger partial charge in [0.2, 0.25) is 0 Å². The van der Waals surface area contributed by atoms with Crippen LogP contribution in [0.2, 0.25) is 0 Å². The molecule has 0 amide bonds. The fourth-order valence-electron chi connectivity index (χ4n) is 3.57. The lowest BCUT2D eigenvalue weighted by atomic mass is 9.86. The molecule has 0 saturated heterocycles. The lowest BCUT2D eigenvalue weighted by Crippen LogP contribution is -2.20. The van der Waals surface area contributed by atoms with Gasteiger partial charge in [0, 0.05) is 17.5 Å². The van der Waals surface area contributed by atoms with Gasteiger partial charge in [-0.3, -0.25) is 4.79 Å². The molecule has 0 radical (unpaired) electrons. The Labute approximate surface area is 164 Å². The third-order valence-corrected chi connectivity index (χ3v) is 4.95. The first-order valence-corrected chi connectivity index (χ1v) is 9.49. The molecule has 1 aliphatic rings. The van der Waals surface area contributed by atoms with Crippen LogP contribution in [0.15, 0.2) is 72.8 Å². The number of phenols is 1. The van der Waals surface area contributed by atoms with Crippen molar-refractivity contribution in [1.29, 1.82) is 0 Å². The minimum Gasteiger partial charge on any atom is -0.508 e. The molecule has 1 N–H and O–H groups in total. The molecular weight excluding hydrogens is 352 g/mol. The summed E-state index contributed by atoms with van der Waals surface area (Å²) in [6, 6.07) is 23.2. The number of hydrogen-bond acceptors (Lipinski definition) is 4. The van der Waals surface area contributed by atoms with E-state index < -0.39 is 0 Å². The van der Waals surface area contributed by atoms with Crippen molar-refractivity contribution in [2.24, 2.45) is 0 Å². The second-order valence-electron chi connectivity index (χ2n) is 6.96. The quantitative estimate of drug-likeness (QED) is 0.381. The van der Waals surface area contributed by atoms with E-state index in [1.54, 1.807) is 6.07 Å². The SMILES string of the molecule is O=C1CC(c2cccc(OCCCc3ccccc3)c2)c2ccc(O)cc2O1. The van der Waals surface area contributed by atoms with E-state index in [-0.39, 0.29) is 24.1 Å². The van der Waals surface area contributed by atoms with Crippen LogP contribution in [-0.4, -0.2) is 17.7 Å². The number of esters is 1. The van der Waals surface area contributed by atoms with Crippen molar-refractivity contribution in [2.75, 3.05) is 6.61 Å². The zero-order valence-electron chi connectivity index (χ0n) is 15.5. The van der Waals surface area contributed by atoms with Crippen molar-refractivity contribution in [3.8, 4) is 17.2 Å². The van der Waals surface area contributed by atoms with Gasteiger partial charge in [0.15, 0.2) is 0 Å². The fourth-order valence-corrected chi connectivity index (χ4v) is 3.57. The molecule has 0 aliphatic carbocycles. The maximum absolute atomic E-state index is 12.0. The Morgan fingerprint density at radius 1 is 1.00 bits per heavy atom. The monoisotopic (exact) mass is 374 g/mol. The van der Waals surface area contributed by atoms with E-state index in [1.165, 1.54) is 11.6 Å². The highest BCUT2D eigenvalue weighted by Crippen LogP contribution is 2.40. The van der Waals surface area contributed by atoms with Gasteiger partial charge in [-0.2, -0.15) is 0 Å². The molecule has 1 heterocycles. The molecular formula is C24H22O4. The standard InChI is InChI=1S/C24H22O4/c25-19-11-12-21-22(16-24(26)28-23(21)15-19)18-9-4-10-20(14-18)27-13-5-8-17-6-2-1-3-7-17/h1-4,6-7,9-12,14-15,22,25H,5,8,13,16H2. The van der Waals surface area contributed by atoms with Gasteiger partial charge in [0.1, 0.15) is 17.2 Å². The summed E-state index contributed by atoms with van der Waals surface area (Å²) in [6.45, 7) is 0.634. The van der Waals surface area contributed by atoms with Gasteiger partial charge in [0.25, 0.3) is 0 Å². The largest absolute Gasteiger partial charge is 0.508 e. The first-order valence-electron chi connectivity index (χ1n) is 9.49. The van der Waals surface area contributed by atoms with Crippen LogP contribution in [0.4, 0.5) is 0 Å². The predicted octanol–water partition coefficient (Wildman–Crippen LogP) is 4.84. The van der Waals surface area contributed by atoms with E-state index >= 15 is 0 Å². The van der Waals surface area contributed by atoms with E-state index in [2.05, 4.69) is 12.1 Å². The highest BCUT2D eigenvalue weighted by atomic mass is 16.5. The van der Waals surface area contributed by atoms with Gasteiger partial charge in [-0.15, -0.1) is 0 Å². The Hall–Kier alpha value is -3.27. The minimum atomic E-state index is -0.294. The molecule has 4 nitrogen and oxygen atoms in total. The highest BCUT2D eigenvalue weighted by Gasteiger charge is 2.28. The molecule has 3 aromatic carbocycles. The average molecular weight is 374 g/mol. The number of aromatic hydroxyl groups is 1. The van der Waals surface area contributed by atoms with Crippen LogP contribution in [0.25, 0.3) is 0 Å². The average Bonchev–Trinajstić information content (AvgIpc) is 2.71. The zero-order valence-corrected chi connectivity index (χ0v) is 15.5. The summed E-state index contributed by atoms with van der Waals surface area (Å²) in [5.74, 6) is 0.907. The maximum Gasteiger partial charge on any atom is 0.312 e. The third-order valence-electron chi connectivity index (χ3n) is 4.95. The molecule has 0 aromatic heterocycles. The third kappa shape index (κ3) is 4.17. The summed E-state index contributed by atoms with van der Waals surface area (Å²) in [6.07, 6.45) is 2.19. The number of benzene rings is 3. The molecule has 142 valence electrons. The maximum atomic E-state index is 12.0. The fraction of sp³-hybridized carbons (Fsp3) is 0.208.